The topological polar surface area (TPSA) is 93.1 Å². The molecule has 0 radical (unpaired) electrons. The van der Waals surface area contributed by atoms with E-state index in [0.29, 0.717) is 26.2 Å². The number of nitrogens with one attached hydrogen (secondary N) is 1. The van der Waals surface area contributed by atoms with Crippen LogP contribution >= 0.6 is 0 Å². The van der Waals surface area contributed by atoms with Gasteiger partial charge in [0.15, 0.2) is 12.2 Å². The van der Waals surface area contributed by atoms with Crippen molar-refractivity contribution in [3.63, 3.8) is 0 Å². The first-order valence-electron chi connectivity index (χ1n) is 5.52. The second-order valence-electron chi connectivity index (χ2n) is 4.20. The Morgan fingerprint density at radius 3 is 2.18 bits per heavy atom. The number of amides is 2. The van der Waals surface area contributed by atoms with Crippen molar-refractivity contribution >= 4 is 11.8 Å². The van der Waals surface area contributed by atoms with E-state index in [-0.39, 0.29) is 0 Å². The van der Waals surface area contributed by atoms with Gasteiger partial charge in [-0.05, 0) is 0 Å². The van der Waals surface area contributed by atoms with Crippen molar-refractivity contribution < 1.29 is 19.8 Å². The van der Waals surface area contributed by atoms with Gasteiger partial charge in [-0.2, -0.15) is 0 Å². The Morgan fingerprint density at radius 2 is 1.71 bits per heavy atom. The molecule has 0 aromatic rings. The van der Waals surface area contributed by atoms with Crippen molar-refractivity contribution in [2.75, 3.05) is 40.3 Å². The normalized spacial score (nSPS) is 19.6. The second-order valence-corrected chi connectivity index (χ2v) is 4.20. The molecule has 1 rings (SSSR count). The smallest absolute Gasteiger partial charge is 0.254 e. The summed E-state index contributed by atoms with van der Waals surface area (Å²) in [6.07, 6.45) is -3.39. The number of hydrogen-bond donors (Lipinski definition) is 3. The molecule has 2 atom stereocenters. The van der Waals surface area contributed by atoms with E-state index in [9.17, 15) is 19.8 Å². The van der Waals surface area contributed by atoms with Crippen LogP contribution in [-0.2, 0) is 9.59 Å². The third kappa shape index (κ3) is 3.39. The summed E-state index contributed by atoms with van der Waals surface area (Å²) < 4.78 is 0. The number of hydrogen-bond acceptors (Lipinski definition) is 5. The number of carbonyl (C=O) groups is 2. The summed E-state index contributed by atoms with van der Waals surface area (Å²) in [6, 6.07) is 0. The molecule has 1 heterocycles. The van der Waals surface area contributed by atoms with Gasteiger partial charge in [-0.25, -0.2) is 0 Å². The first-order valence-corrected chi connectivity index (χ1v) is 5.52. The maximum atomic E-state index is 11.8. The lowest BCUT2D eigenvalue weighted by atomic mass is 10.1. The lowest BCUT2D eigenvalue weighted by molar-refractivity contribution is -0.157. The van der Waals surface area contributed by atoms with E-state index in [4.69, 9.17) is 0 Å². The van der Waals surface area contributed by atoms with E-state index in [0.717, 1.165) is 4.90 Å². The average molecular weight is 245 g/mol. The Hall–Kier alpha value is -1.18. The van der Waals surface area contributed by atoms with Gasteiger partial charge < -0.3 is 25.3 Å². The lowest BCUT2D eigenvalue weighted by Gasteiger charge is -2.30. The maximum Gasteiger partial charge on any atom is 0.254 e. The van der Waals surface area contributed by atoms with Crippen molar-refractivity contribution in [2.24, 2.45) is 0 Å². The van der Waals surface area contributed by atoms with Crippen LogP contribution in [0, 0.1) is 0 Å². The molecule has 2 amide bonds. The van der Waals surface area contributed by atoms with E-state index in [1.54, 1.807) is 0 Å². The fourth-order valence-corrected chi connectivity index (χ4v) is 1.61. The minimum atomic E-state index is -1.70. The minimum absolute atomic E-state index is 0.471. The molecule has 98 valence electrons. The van der Waals surface area contributed by atoms with Gasteiger partial charge in [0, 0.05) is 40.3 Å². The summed E-state index contributed by atoms with van der Waals surface area (Å²) in [7, 11) is 2.90. The number of rotatable bonds is 3. The Bertz CT molecular complexity index is 289. The Balaban J connectivity index is 2.58. The standard InChI is InChI=1S/C10H19N3O4/c1-12(2)9(16)7(14)8(15)10(17)13-5-3-11-4-6-13/h7-8,11,14-15H,3-6H2,1-2H3/t7-,8-/m1/s1. The SMILES string of the molecule is CN(C)C(=O)[C@H](O)[C@@H](O)C(=O)N1CCNCC1. The lowest BCUT2D eigenvalue weighted by Crippen LogP contribution is -2.54. The van der Waals surface area contributed by atoms with E-state index in [1.807, 2.05) is 0 Å². The van der Waals surface area contributed by atoms with Gasteiger partial charge in [0.1, 0.15) is 0 Å². The summed E-state index contributed by atoms with van der Waals surface area (Å²) in [4.78, 5) is 25.8. The molecule has 0 bridgehead atoms. The highest BCUT2D eigenvalue weighted by Crippen LogP contribution is 2.04. The number of carbonyl (C=O) groups excluding carboxylic acids is 2. The molecule has 0 unspecified atom stereocenters. The molecule has 0 spiro atoms. The highest BCUT2D eigenvalue weighted by Gasteiger charge is 2.34. The molecule has 0 aliphatic carbocycles. The van der Waals surface area contributed by atoms with Crippen LogP contribution in [0.15, 0.2) is 0 Å². The molecule has 1 saturated heterocycles. The Morgan fingerprint density at radius 1 is 1.18 bits per heavy atom. The van der Waals surface area contributed by atoms with Gasteiger partial charge in [0.2, 0.25) is 0 Å². The maximum absolute atomic E-state index is 11.8. The number of aliphatic hydroxyl groups is 2. The fraction of sp³-hybridized carbons (Fsp3) is 0.800. The first kappa shape index (κ1) is 13.9. The fourth-order valence-electron chi connectivity index (χ4n) is 1.61. The van der Waals surface area contributed by atoms with Crippen LogP contribution in [0.2, 0.25) is 0 Å². The van der Waals surface area contributed by atoms with Gasteiger partial charge in [-0.1, -0.05) is 0 Å². The second kappa shape index (κ2) is 5.95. The first-order chi connectivity index (χ1) is 7.95. The number of nitrogens with zero attached hydrogens (tertiary/aromatic N) is 2. The van der Waals surface area contributed by atoms with Crippen LogP contribution in [0.4, 0.5) is 0 Å². The van der Waals surface area contributed by atoms with Crippen molar-refractivity contribution in [1.82, 2.24) is 15.1 Å². The molecule has 1 aliphatic rings. The molecule has 7 heteroatoms. The van der Waals surface area contributed by atoms with Gasteiger partial charge in [-0.3, -0.25) is 9.59 Å². The van der Waals surface area contributed by atoms with Crippen LogP contribution in [0.5, 0.6) is 0 Å². The quantitative estimate of drug-likeness (QED) is 0.500. The van der Waals surface area contributed by atoms with E-state index >= 15 is 0 Å². The van der Waals surface area contributed by atoms with Crippen molar-refractivity contribution in [2.45, 2.75) is 12.2 Å². The van der Waals surface area contributed by atoms with E-state index in [2.05, 4.69) is 5.32 Å². The molecule has 0 aromatic carbocycles. The molecule has 1 aliphatic heterocycles. The minimum Gasteiger partial charge on any atom is -0.380 e. The van der Waals surface area contributed by atoms with E-state index < -0.39 is 24.0 Å². The van der Waals surface area contributed by atoms with Crippen LogP contribution in [-0.4, -0.2) is 84.3 Å². The van der Waals surface area contributed by atoms with Gasteiger partial charge in [-0.15, -0.1) is 0 Å². The number of aliphatic hydroxyl groups excluding tert-OH is 2. The van der Waals surface area contributed by atoms with Crippen molar-refractivity contribution in [3.8, 4) is 0 Å². The summed E-state index contributed by atoms with van der Waals surface area (Å²) in [5.41, 5.74) is 0. The van der Waals surface area contributed by atoms with Crippen molar-refractivity contribution in [1.29, 1.82) is 0 Å². The molecule has 1 fully saturated rings. The van der Waals surface area contributed by atoms with Crippen molar-refractivity contribution in [3.05, 3.63) is 0 Å². The summed E-state index contributed by atoms with van der Waals surface area (Å²) in [5.74, 6) is -1.28. The largest absolute Gasteiger partial charge is 0.380 e. The third-order valence-corrected chi connectivity index (χ3v) is 2.67. The average Bonchev–Trinajstić information content (AvgIpc) is 2.36. The molecule has 17 heavy (non-hydrogen) atoms. The Labute approximate surface area is 100.0 Å². The predicted molar refractivity (Wildman–Crippen MR) is 60.2 cm³/mol. The monoisotopic (exact) mass is 245 g/mol. The summed E-state index contributed by atoms with van der Waals surface area (Å²) in [5, 5.41) is 22.3. The third-order valence-electron chi connectivity index (χ3n) is 2.67. The summed E-state index contributed by atoms with van der Waals surface area (Å²) in [6.45, 7) is 2.24. The molecular weight excluding hydrogens is 226 g/mol. The zero-order valence-corrected chi connectivity index (χ0v) is 10.1. The van der Waals surface area contributed by atoms with Crippen LogP contribution in [0.1, 0.15) is 0 Å². The number of piperazine rings is 1. The van der Waals surface area contributed by atoms with Crippen LogP contribution < -0.4 is 5.32 Å². The Kier molecular flexibility index (Phi) is 4.86. The summed E-state index contributed by atoms with van der Waals surface area (Å²) >= 11 is 0. The van der Waals surface area contributed by atoms with E-state index in [1.165, 1.54) is 19.0 Å². The molecule has 0 aromatic heterocycles. The van der Waals surface area contributed by atoms with Crippen LogP contribution in [0.3, 0.4) is 0 Å². The molecule has 0 saturated carbocycles. The molecule has 3 N–H and O–H groups in total. The number of likely N-dealkylation sites (N-methyl/N-ethyl adjacent to an activating group) is 1. The van der Waals surface area contributed by atoms with Gasteiger partial charge in [0.05, 0.1) is 0 Å². The predicted octanol–water partition coefficient (Wildman–Crippen LogP) is -2.77. The molecule has 7 nitrogen and oxygen atoms in total. The van der Waals surface area contributed by atoms with Gasteiger partial charge >= 0.3 is 0 Å². The highest BCUT2D eigenvalue weighted by molar-refractivity contribution is 5.90. The van der Waals surface area contributed by atoms with Gasteiger partial charge in [0.25, 0.3) is 11.8 Å². The highest BCUT2D eigenvalue weighted by atomic mass is 16.3. The molecular formula is C10H19N3O4. The van der Waals surface area contributed by atoms with Crippen LogP contribution in [0.25, 0.3) is 0 Å². The zero-order valence-electron chi connectivity index (χ0n) is 10.1. The zero-order chi connectivity index (χ0) is 13.0.